The quantitative estimate of drug-likeness (QED) is 0.913. The second kappa shape index (κ2) is 5.45. The van der Waals surface area contributed by atoms with Crippen LogP contribution in [0.1, 0.15) is 24.4 Å². The first-order valence-electron chi connectivity index (χ1n) is 6.91. The third kappa shape index (κ3) is 2.79. The lowest BCUT2D eigenvalue weighted by atomic mass is 10.0. The predicted octanol–water partition coefficient (Wildman–Crippen LogP) is 2.30. The number of aromatic nitrogens is 2. The molecule has 4 nitrogen and oxygen atoms in total. The van der Waals surface area contributed by atoms with Crippen LogP contribution in [0.25, 0.3) is 0 Å². The predicted molar refractivity (Wildman–Crippen MR) is 76.6 cm³/mol. The maximum Gasteiger partial charge on any atom is 0.145 e. The lowest BCUT2D eigenvalue weighted by Gasteiger charge is -2.24. The van der Waals surface area contributed by atoms with Crippen molar-refractivity contribution in [2.75, 3.05) is 18.8 Å². The lowest BCUT2D eigenvalue weighted by Crippen LogP contribution is -2.27. The summed E-state index contributed by atoms with van der Waals surface area (Å²) < 4.78 is 1.93. The number of hydrogen-bond donors (Lipinski definition) is 1. The summed E-state index contributed by atoms with van der Waals surface area (Å²) >= 11 is 0. The van der Waals surface area contributed by atoms with Crippen molar-refractivity contribution in [1.82, 2.24) is 14.7 Å². The second-order valence-electron chi connectivity index (χ2n) is 5.11. The molecule has 0 aliphatic carbocycles. The maximum absolute atomic E-state index is 5.64. The van der Waals surface area contributed by atoms with Gasteiger partial charge in [-0.15, -0.1) is 0 Å². The van der Waals surface area contributed by atoms with Crippen molar-refractivity contribution in [3.8, 4) is 0 Å². The van der Waals surface area contributed by atoms with Gasteiger partial charge in [0, 0.05) is 18.8 Å². The van der Waals surface area contributed by atoms with Gasteiger partial charge in [0.2, 0.25) is 0 Å². The van der Waals surface area contributed by atoms with Crippen LogP contribution in [0, 0.1) is 0 Å². The van der Waals surface area contributed by atoms with Gasteiger partial charge in [-0.2, -0.15) is 5.10 Å². The van der Waals surface area contributed by atoms with Gasteiger partial charge in [0.25, 0.3) is 0 Å². The number of benzene rings is 1. The summed E-state index contributed by atoms with van der Waals surface area (Å²) in [6.45, 7) is 3.11. The smallest absolute Gasteiger partial charge is 0.145 e. The van der Waals surface area contributed by atoms with Crippen LogP contribution in [-0.4, -0.2) is 27.8 Å². The fourth-order valence-corrected chi connectivity index (χ4v) is 2.88. The molecule has 1 unspecified atom stereocenters. The van der Waals surface area contributed by atoms with Crippen molar-refractivity contribution in [3.63, 3.8) is 0 Å². The minimum absolute atomic E-state index is 0.564. The number of hydrogen-bond acceptors (Lipinski definition) is 3. The molecule has 0 amide bonds. The highest BCUT2D eigenvalue weighted by molar-refractivity contribution is 5.23. The van der Waals surface area contributed by atoms with E-state index >= 15 is 0 Å². The van der Waals surface area contributed by atoms with Crippen molar-refractivity contribution in [2.45, 2.75) is 25.4 Å². The van der Waals surface area contributed by atoms with Crippen molar-refractivity contribution < 1.29 is 0 Å². The van der Waals surface area contributed by atoms with Gasteiger partial charge in [0.05, 0.1) is 6.54 Å². The van der Waals surface area contributed by atoms with Gasteiger partial charge in [-0.25, -0.2) is 0 Å². The molecule has 3 rings (SSSR count). The number of nitrogens with zero attached hydrogens (tertiary/aromatic N) is 3. The number of likely N-dealkylation sites (tertiary alicyclic amines) is 1. The zero-order chi connectivity index (χ0) is 13.1. The van der Waals surface area contributed by atoms with Crippen LogP contribution in [0.15, 0.2) is 42.6 Å². The lowest BCUT2D eigenvalue weighted by molar-refractivity contribution is 0.243. The van der Waals surface area contributed by atoms with E-state index in [-0.39, 0.29) is 0 Å². The fraction of sp³-hybridized carbons (Fsp3) is 0.400. The van der Waals surface area contributed by atoms with Crippen LogP contribution in [0.3, 0.4) is 0 Å². The van der Waals surface area contributed by atoms with Gasteiger partial charge in [-0.05, 0) is 31.0 Å². The van der Waals surface area contributed by atoms with Crippen molar-refractivity contribution in [2.24, 2.45) is 0 Å². The van der Waals surface area contributed by atoms with Crippen molar-refractivity contribution in [1.29, 1.82) is 0 Å². The van der Waals surface area contributed by atoms with Gasteiger partial charge in [-0.1, -0.05) is 30.3 Å². The first kappa shape index (κ1) is 12.2. The molecule has 1 aliphatic rings. The Labute approximate surface area is 113 Å². The minimum Gasteiger partial charge on any atom is -0.382 e. The Hall–Kier alpha value is -1.81. The van der Waals surface area contributed by atoms with E-state index in [1.807, 2.05) is 16.9 Å². The standard InChI is InChI=1S/C15H20N4/c16-15-8-10-19(17-15)12-11-18-9-4-7-14(18)13-5-2-1-3-6-13/h1-3,5-6,8,10,14H,4,7,9,11-12H2,(H2,16,17). The summed E-state index contributed by atoms with van der Waals surface area (Å²) in [5.41, 5.74) is 7.07. The Balaban J connectivity index is 1.64. The van der Waals surface area contributed by atoms with Crippen LogP contribution in [0.2, 0.25) is 0 Å². The summed E-state index contributed by atoms with van der Waals surface area (Å²) in [6.07, 6.45) is 4.48. The third-order valence-electron chi connectivity index (χ3n) is 3.83. The molecular weight excluding hydrogens is 236 g/mol. The normalized spacial score (nSPS) is 19.9. The van der Waals surface area contributed by atoms with Crippen LogP contribution in [-0.2, 0) is 6.54 Å². The van der Waals surface area contributed by atoms with Gasteiger partial charge in [0.15, 0.2) is 0 Å². The molecule has 0 radical (unpaired) electrons. The van der Waals surface area contributed by atoms with Gasteiger partial charge < -0.3 is 5.73 Å². The molecule has 0 saturated carbocycles. The number of rotatable bonds is 4. The van der Waals surface area contributed by atoms with E-state index in [1.165, 1.54) is 24.9 Å². The molecule has 1 atom stereocenters. The fourth-order valence-electron chi connectivity index (χ4n) is 2.88. The number of nitrogen functional groups attached to an aromatic ring is 1. The molecule has 100 valence electrons. The first-order valence-corrected chi connectivity index (χ1v) is 6.91. The van der Waals surface area contributed by atoms with Gasteiger partial charge in [-0.3, -0.25) is 9.58 Å². The Kier molecular flexibility index (Phi) is 3.51. The molecule has 4 heteroatoms. The molecule has 19 heavy (non-hydrogen) atoms. The van der Waals surface area contributed by atoms with Crippen LogP contribution in [0.4, 0.5) is 5.82 Å². The van der Waals surface area contributed by atoms with E-state index in [0.717, 1.165) is 13.1 Å². The van der Waals surface area contributed by atoms with E-state index in [1.54, 1.807) is 0 Å². The minimum atomic E-state index is 0.564. The van der Waals surface area contributed by atoms with Gasteiger partial charge in [0.1, 0.15) is 5.82 Å². The van der Waals surface area contributed by atoms with Crippen LogP contribution >= 0.6 is 0 Å². The maximum atomic E-state index is 5.64. The topological polar surface area (TPSA) is 47.1 Å². The van der Waals surface area contributed by atoms with E-state index in [9.17, 15) is 0 Å². The largest absolute Gasteiger partial charge is 0.382 e. The summed E-state index contributed by atoms with van der Waals surface area (Å²) in [4.78, 5) is 2.55. The second-order valence-corrected chi connectivity index (χ2v) is 5.11. The molecule has 2 N–H and O–H groups in total. The number of anilines is 1. The third-order valence-corrected chi connectivity index (χ3v) is 3.83. The van der Waals surface area contributed by atoms with E-state index in [4.69, 9.17) is 5.73 Å². The monoisotopic (exact) mass is 256 g/mol. The Morgan fingerprint density at radius 2 is 2.00 bits per heavy atom. The highest BCUT2D eigenvalue weighted by atomic mass is 15.3. The van der Waals surface area contributed by atoms with E-state index < -0.39 is 0 Å². The first-order chi connectivity index (χ1) is 9.33. The van der Waals surface area contributed by atoms with E-state index in [2.05, 4.69) is 40.3 Å². The van der Waals surface area contributed by atoms with Crippen molar-refractivity contribution >= 4 is 5.82 Å². The highest BCUT2D eigenvalue weighted by Gasteiger charge is 2.25. The molecule has 1 saturated heterocycles. The Morgan fingerprint density at radius 1 is 1.16 bits per heavy atom. The molecule has 1 fully saturated rings. The summed E-state index contributed by atoms with van der Waals surface area (Å²) in [6, 6.07) is 13.2. The molecule has 0 bridgehead atoms. The average molecular weight is 256 g/mol. The van der Waals surface area contributed by atoms with Crippen molar-refractivity contribution in [3.05, 3.63) is 48.2 Å². The number of nitrogens with two attached hydrogens (primary N) is 1. The molecule has 2 heterocycles. The van der Waals surface area contributed by atoms with E-state index in [0.29, 0.717) is 11.9 Å². The highest BCUT2D eigenvalue weighted by Crippen LogP contribution is 2.31. The zero-order valence-corrected chi connectivity index (χ0v) is 11.1. The molecule has 1 aliphatic heterocycles. The SMILES string of the molecule is Nc1ccn(CCN2CCCC2c2ccccc2)n1. The molecule has 1 aromatic heterocycles. The van der Waals surface area contributed by atoms with Crippen LogP contribution in [0.5, 0.6) is 0 Å². The van der Waals surface area contributed by atoms with Gasteiger partial charge >= 0.3 is 0 Å². The Bertz CT molecular complexity index is 520. The summed E-state index contributed by atoms with van der Waals surface area (Å²) in [5, 5.41) is 4.24. The molecule has 0 spiro atoms. The molecular formula is C15H20N4. The average Bonchev–Trinajstić information content (AvgIpc) is 3.06. The molecule has 2 aromatic rings. The Morgan fingerprint density at radius 3 is 2.74 bits per heavy atom. The van der Waals surface area contributed by atoms with Crippen LogP contribution < -0.4 is 5.73 Å². The zero-order valence-electron chi connectivity index (χ0n) is 11.1. The summed E-state index contributed by atoms with van der Waals surface area (Å²) in [7, 11) is 0. The summed E-state index contributed by atoms with van der Waals surface area (Å²) in [5.74, 6) is 0.598. The molecule has 1 aromatic carbocycles.